The molecule has 0 unspecified atom stereocenters. The summed E-state index contributed by atoms with van der Waals surface area (Å²) < 4.78 is 10.6. The van der Waals surface area contributed by atoms with Crippen LogP contribution < -0.4 is 20.5 Å². The molecule has 0 radical (unpaired) electrons. The first-order valence-electron chi connectivity index (χ1n) is 5.96. The molecule has 0 amide bonds. The predicted octanol–water partition coefficient (Wildman–Crippen LogP) is 2.30. The lowest BCUT2D eigenvalue weighted by Gasteiger charge is -2.11. The van der Waals surface area contributed by atoms with Gasteiger partial charge in [-0.25, -0.2) is 4.99 Å². The molecule has 1 rings (SSSR count). The summed E-state index contributed by atoms with van der Waals surface area (Å²) in [6, 6.07) is 5.66. The topological polar surface area (TPSA) is 68.9 Å². The zero-order valence-corrected chi connectivity index (χ0v) is 14.4. The molecule has 0 atom stereocenters. The van der Waals surface area contributed by atoms with E-state index in [9.17, 15) is 0 Å². The first-order chi connectivity index (χ1) is 9.08. The van der Waals surface area contributed by atoms with Gasteiger partial charge < -0.3 is 20.5 Å². The summed E-state index contributed by atoms with van der Waals surface area (Å²) in [7, 11) is 3.21. The van der Waals surface area contributed by atoms with Crippen molar-refractivity contribution < 1.29 is 9.47 Å². The van der Waals surface area contributed by atoms with Gasteiger partial charge in [0.2, 0.25) is 0 Å². The quantitative estimate of drug-likeness (QED) is 0.338. The fourth-order valence-corrected chi connectivity index (χ4v) is 1.55. The number of nitrogens with two attached hydrogens (primary N) is 1. The molecule has 0 bridgehead atoms. The number of hydrogen-bond acceptors (Lipinski definition) is 3. The number of para-hydroxylation sites is 1. The summed E-state index contributed by atoms with van der Waals surface area (Å²) in [4.78, 5) is 4.26. The average Bonchev–Trinajstić information content (AvgIpc) is 2.42. The van der Waals surface area contributed by atoms with E-state index < -0.39 is 0 Å². The van der Waals surface area contributed by atoms with Crippen LogP contribution in [0.4, 0.5) is 0 Å². The molecule has 0 aliphatic carbocycles. The van der Waals surface area contributed by atoms with E-state index in [1.54, 1.807) is 14.2 Å². The standard InChI is InChI=1S/C14H21N3O2.HI/c1-10(2)8-16-14(15)17-9-11-6-5-7-12(18-3)13(11)19-4;/h5-7H,1,8-9H2,2-4H3,(H3,15,16,17);1H. The molecule has 0 heterocycles. The van der Waals surface area contributed by atoms with Crippen LogP contribution in [0.1, 0.15) is 12.5 Å². The molecule has 0 saturated carbocycles. The Labute approximate surface area is 137 Å². The van der Waals surface area contributed by atoms with Crippen molar-refractivity contribution in [1.29, 1.82) is 0 Å². The molecular formula is C14H22IN3O2. The number of benzene rings is 1. The van der Waals surface area contributed by atoms with Crippen LogP contribution in [0.15, 0.2) is 35.3 Å². The Kier molecular flexibility index (Phi) is 8.78. The van der Waals surface area contributed by atoms with Gasteiger partial charge in [0.1, 0.15) is 0 Å². The Morgan fingerprint density at radius 2 is 2.05 bits per heavy atom. The third-order valence-electron chi connectivity index (χ3n) is 2.48. The highest BCUT2D eigenvalue weighted by atomic mass is 127. The smallest absolute Gasteiger partial charge is 0.189 e. The molecule has 1 aromatic carbocycles. The van der Waals surface area contributed by atoms with Gasteiger partial charge in [-0.1, -0.05) is 24.3 Å². The number of halogens is 1. The van der Waals surface area contributed by atoms with Crippen molar-refractivity contribution in [1.82, 2.24) is 5.32 Å². The van der Waals surface area contributed by atoms with Crippen molar-refractivity contribution >= 4 is 29.9 Å². The number of methoxy groups -OCH3 is 2. The molecule has 5 nitrogen and oxygen atoms in total. The lowest BCUT2D eigenvalue weighted by molar-refractivity contribution is 0.352. The summed E-state index contributed by atoms with van der Waals surface area (Å²) in [6.45, 7) is 6.75. The van der Waals surface area contributed by atoms with Crippen LogP contribution in [-0.2, 0) is 6.54 Å². The number of aliphatic imine (C=N–C) groups is 1. The molecule has 6 heteroatoms. The van der Waals surface area contributed by atoms with Crippen LogP contribution in [0.2, 0.25) is 0 Å². The maximum absolute atomic E-state index is 5.76. The third kappa shape index (κ3) is 5.68. The second kappa shape index (κ2) is 9.46. The fourth-order valence-electron chi connectivity index (χ4n) is 1.55. The van der Waals surface area contributed by atoms with E-state index in [2.05, 4.69) is 16.9 Å². The highest BCUT2D eigenvalue weighted by Crippen LogP contribution is 2.30. The van der Waals surface area contributed by atoms with Gasteiger partial charge in [-0.05, 0) is 13.0 Å². The van der Waals surface area contributed by atoms with Gasteiger partial charge in [-0.2, -0.15) is 0 Å². The lowest BCUT2D eigenvalue weighted by Crippen LogP contribution is -2.32. The Balaban J connectivity index is 0.00000361. The Morgan fingerprint density at radius 1 is 1.35 bits per heavy atom. The number of ether oxygens (including phenoxy) is 2. The summed E-state index contributed by atoms with van der Waals surface area (Å²) in [5.74, 6) is 1.75. The number of rotatable bonds is 6. The van der Waals surface area contributed by atoms with Crippen molar-refractivity contribution in [3.63, 3.8) is 0 Å². The molecule has 0 fully saturated rings. The van der Waals surface area contributed by atoms with Crippen LogP contribution in [0, 0.1) is 0 Å². The highest BCUT2D eigenvalue weighted by molar-refractivity contribution is 14.0. The Hall–Kier alpha value is -1.44. The minimum Gasteiger partial charge on any atom is -0.493 e. The molecule has 112 valence electrons. The van der Waals surface area contributed by atoms with Crippen LogP contribution in [0.3, 0.4) is 0 Å². The maximum atomic E-state index is 5.76. The second-order valence-electron chi connectivity index (χ2n) is 4.16. The van der Waals surface area contributed by atoms with Crippen LogP contribution in [0.5, 0.6) is 11.5 Å². The normalized spacial score (nSPS) is 10.4. The summed E-state index contributed by atoms with van der Waals surface area (Å²) in [5, 5.41) is 2.97. The van der Waals surface area contributed by atoms with Gasteiger partial charge in [0.25, 0.3) is 0 Å². The first-order valence-corrected chi connectivity index (χ1v) is 5.96. The first kappa shape index (κ1) is 18.6. The van der Waals surface area contributed by atoms with Crippen LogP contribution >= 0.6 is 24.0 Å². The number of guanidine groups is 1. The van der Waals surface area contributed by atoms with E-state index in [1.807, 2.05) is 25.1 Å². The lowest BCUT2D eigenvalue weighted by atomic mass is 10.2. The summed E-state index contributed by atoms with van der Waals surface area (Å²) in [5.41, 5.74) is 7.67. The number of hydrogen-bond donors (Lipinski definition) is 2. The number of nitrogens with one attached hydrogen (secondary N) is 1. The SMILES string of the molecule is C=C(C)CNC(N)=NCc1cccc(OC)c1OC.I. The van der Waals surface area contributed by atoms with E-state index in [0.717, 1.165) is 11.1 Å². The van der Waals surface area contributed by atoms with Crippen molar-refractivity contribution in [3.8, 4) is 11.5 Å². The van der Waals surface area contributed by atoms with Gasteiger partial charge in [-0.15, -0.1) is 24.0 Å². The van der Waals surface area contributed by atoms with E-state index in [-0.39, 0.29) is 24.0 Å². The molecule has 0 spiro atoms. The van der Waals surface area contributed by atoms with Crippen LogP contribution in [0.25, 0.3) is 0 Å². The second-order valence-corrected chi connectivity index (χ2v) is 4.16. The van der Waals surface area contributed by atoms with Gasteiger partial charge in [0, 0.05) is 12.1 Å². The minimum absolute atomic E-state index is 0. The maximum Gasteiger partial charge on any atom is 0.189 e. The summed E-state index contributed by atoms with van der Waals surface area (Å²) in [6.07, 6.45) is 0. The van der Waals surface area contributed by atoms with Crippen molar-refractivity contribution in [2.75, 3.05) is 20.8 Å². The molecule has 20 heavy (non-hydrogen) atoms. The number of nitrogens with zero attached hydrogens (tertiary/aromatic N) is 1. The van der Waals surface area contributed by atoms with Crippen LogP contribution in [-0.4, -0.2) is 26.7 Å². The van der Waals surface area contributed by atoms with E-state index >= 15 is 0 Å². The Morgan fingerprint density at radius 3 is 2.60 bits per heavy atom. The van der Waals surface area contributed by atoms with Crippen molar-refractivity contribution in [2.45, 2.75) is 13.5 Å². The van der Waals surface area contributed by atoms with Gasteiger partial charge in [-0.3, -0.25) is 0 Å². The van der Waals surface area contributed by atoms with Crippen molar-refractivity contribution in [2.24, 2.45) is 10.7 Å². The zero-order valence-electron chi connectivity index (χ0n) is 12.1. The van der Waals surface area contributed by atoms with Gasteiger partial charge >= 0.3 is 0 Å². The van der Waals surface area contributed by atoms with E-state index in [0.29, 0.717) is 30.5 Å². The third-order valence-corrected chi connectivity index (χ3v) is 2.48. The molecular weight excluding hydrogens is 369 g/mol. The molecule has 1 aromatic rings. The average molecular weight is 391 g/mol. The molecule has 0 aromatic heterocycles. The molecule has 0 saturated heterocycles. The molecule has 0 aliphatic rings. The monoisotopic (exact) mass is 391 g/mol. The summed E-state index contributed by atoms with van der Waals surface area (Å²) >= 11 is 0. The zero-order chi connectivity index (χ0) is 14.3. The predicted molar refractivity (Wildman–Crippen MR) is 93.1 cm³/mol. The Bertz CT molecular complexity index is 475. The highest BCUT2D eigenvalue weighted by Gasteiger charge is 2.08. The van der Waals surface area contributed by atoms with E-state index in [1.165, 1.54) is 0 Å². The molecule has 3 N–H and O–H groups in total. The van der Waals surface area contributed by atoms with E-state index in [4.69, 9.17) is 15.2 Å². The fraction of sp³-hybridized carbons (Fsp3) is 0.357. The van der Waals surface area contributed by atoms with Gasteiger partial charge in [0.15, 0.2) is 17.5 Å². The van der Waals surface area contributed by atoms with Crippen molar-refractivity contribution in [3.05, 3.63) is 35.9 Å². The largest absolute Gasteiger partial charge is 0.493 e. The minimum atomic E-state index is 0. The van der Waals surface area contributed by atoms with Gasteiger partial charge in [0.05, 0.1) is 20.8 Å². The molecule has 0 aliphatic heterocycles.